The number of hydrogen-bond donors (Lipinski definition) is 0. The van der Waals surface area contributed by atoms with Crippen LogP contribution in [0.4, 0.5) is 17.6 Å². The molecule has 0 saturated heterocycles. The van der Waals surface area contributed by atoms with Crippen LogP contribution in [0.3, 0.4) is 0 Å². The van der Waals surface area contributed by atoms with Crippen molar-refractivity contribution in [3.05, 3.63) is 72.0 Å². The lowest BCUT2D eigenvalue weighted by Crippen LogP contribution is -2.04. The van der Waals surface area contributed by atoms with Gasteiger partial charge in [-0.1, -0.05) is 48.5 Å². The maximum Gasteiger partial charge on any atom is 0.416 e. The molecule has 3 aromatic rings. The molecular formula is C17H10F4. The van der Waals surface area contributed by atoms with E-state index in [-0.39, 0.29) is 0 Å². The molecule has 0 bridgehead atoms. The van der Waals surface area contributed by atoms with E-state index in [1.54, 1.807) is 36.4 Å². The van der Waals surface area contributed by atoms with Crippen LogP contribution in [0, 0.1) is 5.82 Å². The lowest BCUT2D eigenvalue weighted by atomic mass is 9.99. The highest BCUT2D eigenvalue weighted by Crippen LogP contribution is 2.33. The molecule has 0 radical (unpaired) electrons. The molecule has 0 aliphatic heterocycles. The summed E-state index contributed by atoms with van der Waals surface area (Å²) in [6.45, 7) is 0. The molecule has 4 heteroatoms. The number of hydrogen-bond acceptors (Lipinski definition) is 0. The van der Waals surface area contributed by atoms with Crippen molar-refractivity contribution in [1.82, 2.24) is 0 Å². The van der Waals surface area contributed by atoms with Crippen molar-refractivity contribution in [2.75, 3.05) is 0 Å². The molecule has 0 heterocycles. The second kappa shape index (κ2) is 4.88. The topological polar surface area (TPSA) is 0 Å². The van der Waals surface area contributed by atoms with Crippen LogP contribution in [-0.4, -0.2) is 0 Å². The number of halogens is 4. The zero-order valence-corrected chi connectivity index (χ0v) is 10.8. The van der Waals surface area contributed by atoms with Gasteiger partial charge in [0.2, 0.25) is 0 Å². The highest BCUT2D eigenvalue weighted by atomic mass is 19.4. The fraction of sp³-hybridized carbons (Fsp3) is 0.0588. The van der Waals surface area contributed by atoms with Crippen LogP contribution < -0.4 is 0 Å². The van der Waals surface area contributed by atoms with Crippen molar-refractivity contribution in [3.8, 4) is 11.1 Å². The fourth-order valence-electron chi connectivity index (χ4n) is 2.30. The van der Waals surface area contributed by atoms with Gasteiger partial charge in [0.25, 0.3) is 0 Å². The lowest BCUT2D eigenvalue weighted by Gasteiger charge is -2.09. The summed E-state index contributed by atoms with van der Waals surface area (Å²) >= 11 is 0. The highest BCUT2D eigenvalue weighted by Gasteiger charge is 2.30. The Morgan fingerprint density at radius 3 is 2.05 bits per heavy atom. The Morgan fingerprint density at radius 2 is 1.38 bits per heavy atom. The van der Waals surface area contributed by atoms with Crippen molar-refractivity contribution in [1.29, 1.82) is 0 Å². The van der Waals surface area contributed by atoms with Crippen LogP contribution in [0.25, 0.3) is 21.9 Å². The first-order valence-corrected chi connectivity index (χ1v) is 6.32. The minimum absolute atomic E-state index is 0.294. The Bertz CT molecular complexity index is 786. The monoisotopic (exact) mass is 290 g/mol. The van der Waals surface area contributed by atoms with Crippen LogP contribution in [0.2, 0.25) is 0 Å². The molecule has 0 saturated carbocycles. The van der Waals surface area contributed by atoms with E-state index in [1.165, 1.54) is 12.1 Å². The minimum Gasteiger partial charge on any atom is -0.206 e. The summed E-state index contributed by atoms with van der Waals surface area (Å²) in [6.07, 6.45) is -4.39. The predicted molar refractivity (Wildman–Crippen MR) is 74.3 cm³/mol. The smallest absolute Gasteiger partial charge is 0.206 e. The van der Waals surface area contributed by atoms with Gasteiger partial charge in [-0.3, -0.25) is 0 Å². The molecule has 3 rings (SSSR count). The molecule has 0 aliphatic carbocycles. The van der Waals surface area contributed by atoms with Crippen LogP contribution in [0.5, 0.6) is 0 Å². The normalized spacial score (nSPS) is 11.8. The molecule has 0 spiro atoms. The van der Waals surface area contributed by atoms with Crippen molar-refractivity contribution >= 4 is 10.8 Å². The second-order valence-corrected chi connectivity index (χ2v) is 4.72. The lowest BCUT2D eigenvalue weighted by molar-refractivity contribution is -0.137. The van der Waals surface area contributed by atoms with E-state index in [1.807, 2.05) is 0 Å². The van der Waals surface area contributed by atoms with Gasteiger partial charge in [0.05, 0.1) is 5.56 Å². The van der Waals surface area contributed by atoms with Crippen LogP contribution in [0.1, 0.15) is 5.56 Å². The van der Waals surface area contributed by atoms with Crippen molar-refractivity contribution in [2.45, 2.75) is 6.18 Å². The molecule has 0 aromatic heterocycles. The van der Waals surface area contributed by atoms with Gasteiger partial charge in [-0.2, -0.15) is 13.2 Å². The quantitative estimate of drug-likeness (QED) is 0.507. The maximum absolute atomic E-state index is 14.5. The number of alkyl halides is 3. The van der Waals surface area contributed by atoms with E-state index in [0.29, 0.717) is 16.5 Å². The molecule has 106 valence electrons. The van der Waals surface area contributed by atoms with Crippen LogP contribution in [0.15, 0.2) is 60.7 Å². The van der Waals surface area contributed by atoms with Crippen molar-refractivity contribution in [3.63, 3.8) is 0 Å². The van der Waals surface area contributed by atoms with E-state index in [2.05, 4.69) is 0 Å². The van der Waals surface area contributed by atoms with E-state index >= 15 is 0 Å². The number of fused-ring (bicyclic) bond motifs is 1. The third-order valence-electron chi connectivity index (χ3n) is 3.39. The SMILES string of the molecule is Fc1c(-c2ccc(C(F)(F)F)cc2)ccc2ccccc12. The first kappa shape index (κ1) is 13.6. The standard InChI is InChI=1S/C17H10F4/c18-16-14-4-2-1-3-11(14)7-10-15(16)12-5-8-13(9-6-12)17(19,20)21/h1-10H. The second-order valence-electron chi connectivity index (χ2n) is 4.72. The minimum atomic E-state index is -4.39. The number of benzene rings is 3. The van der Waals surface area contributed by atoms with Gasteiger partial charge in [0.1, 0.15) is 5.82 Å². The average Bonchev–Trinajstić information content (AvgIpc) is 2.47. The van der Waals surface area contributed by atoms with E-state index in [9.17, 15) is 17.6 Å². The van der Waals surface area contributed by atoms with Crippen molar-refractivity contribution in [2.24, 2.45) is 0 Å². The molecular weight excluding hydrogens is 280 g/mol. The van der Waals surface area contributed by atoms with E-state index in [4.69, 9.17) is 0 Å². The van der Waals surface area contributed by atoms with Gasteiger partial charge in [0.15, 0.2) is 0 Å². The first-order valence-electron chi connectivity index (χ1n) is 6.32. The summed E-state index contributed by atoms with van der Waals surface area (Å²) in [5.41, 5.74) is -0.0267. The summed E-state index contributed by atoms with van der Waals surface area (Å²) in [4.78, 5) is 0. The van der Waals surface area contributed by atoms with E-state index in [0.717, 1.165) is 17.5 Å². The summed E-state index contributed by atoms with van der Waals surface area (Å²) in [5, 5.41) is 1.21. The Hall–Kier alpha value is -2.36. The van der Waals surface area contributed by atoms with Gasteiger partial charge < -0.3 is 0 Å². The summed E-state index contributed by atoms with van der Waals surface area (Å²) in [6, 6.07) is 14.8. The molecule has 0 atom stereocenters. The predicted octanol–water partition coefficient (Wildman–Crippen LogP) is 5.66. The zero-order chi connectivity index (χ0) is 15.0. The number of rotatable bonds is 1. The van der Waals surface area contributed by atoms with Crippen molar-refractivity contribution < 1.29 is 17.6 Å². The van der Waals surface area contributed by atoms with Gasteiger partial charge in [-0.15, -0.1) is 0 Å². The third-order valence-corrected chi connectivity index (χ3v) is 3.39. The van der Waals surface area contributed by atoms with Crippen LogP contribution >= 0.6 is 0 Å². The molecule has 0 N–H and O–H groups in total. The average molecular weight is 290 g/mol. The fourth-order valence-corrected chi connectivity index (χ4v) is 2.30. The summed E-state index contributed by atoms with van der Waals surface area (Å²) in [5.74, 6) is -0.423. The van der Waals surface area contributed by atoms with Gasteiger partial charge in [0, 0.05) is 10.9 Å². The molecule has 0 fully saturated rings. The van der Waals surface area contributed by atoms with Crippen LogP contribution in [-0.2, 0) is 6.18 Å². The molecule has 0 nitrogen and oxygen atoms in total. The maximum atomic E-state index is 14.5. The van der Waals surface area contributed by atoms with Gasteiger partial charge >= 0.3 is 6.18 Å². The molecule has 0 aliphatic rings. The summed E-state index contributed by atoms with van der Waals surface area (Å²) in [7, 11) is 0. The Balaban J connectivity index is 2.10. The Kier molecular flexibility index (Phi) is 3.16. The Morgan fingerprint density at radius 1 is 0.714 bits per heavy atom. The third kappa shape index (κ3) is 2.49. The molecule has 0 unspecified atom stereocenters. The molecule has 3 aromatic carbocycles. The Labute approximate surface area is 118 Å². The summed E-state index contributed by atoms with van der Waals surface area (Å²) < 4.78 is 52.1. The first-order chi connectivity index (χ1) is 9.97. The van der Waals surface area contributed by atoms with Gasteiger partial charge in [-0.05, 0) is 23.1 Å². The molecule has 0 amide bonds. The van der Waals surface area contributed by atoms with Gasteiger partial charge in [-0.25, -0.2) is 4.39 Å². The zero-order valence-electron chi connectivity index (χ0n) is 10.8. The highest BCUT2D eigenvalue weighted by molar-refractivity contribution is 5.88. The molecule has 21 heavy (non-hydrogen) atoms. The van der Waals surface area contributed by atoms with E-state index < -0.39 is 17.6 Å². The largest absolute Gasteiger partial charge is 0.416 e.